The zero-order chi connectivity index (χ0) is 7.14. The second kappa shape index (κ2) is 2.23. The van der Waals surface area contributed by atoms with Gasteiger partial charge in [0.15, 0.2) is 5.78 Å². The van der Waals surface area contributed by atoms with Crippen LogP contribution in [-0.4, -0.2) is 11.2 Å². The van der Waals surface area contributed by atoms with Crippen LogP contribution in [0.1, 0.15) is 25.7 Å². The summed E-state index contributed by atoms with van der Waals surface area (Å²) in [5.74, 6) is 1.21. The molecule has 0 N–H and O–H groups in total. The molecule has 0 bridgehead atoms. The Morgan fingerprint density at radius 1 is 1.30 bits per heavy atom. The van der Waals surface area contributed by atoms with E-state index in [1.54, 1.807) is 0 Å². The van der Waals surface area contributed by atoms with Crippen molar-refractivity contribution in [3.63, 3.8) is 0 Å². The minimum absolute atomic E-state index is 0.120. The van der Waals surface area contributed by atoms with Crippen molar-refractivity contribution in [1.29, 1.82) is 0 Å². The van der Waals surface area contributed by atoms with Crippen LogP contribution in [0.3, 0.4) is 0 Å². The molecule has 2 saturated carbocycles. The Morgan fingerprint density at radius 3 is 2.70 bits per heavy atom. The van der Waals surface area contributed by atoms with Gasteiger partial charge in [-0.2, -0.15) is 0 Å². The van der Waals surface area contributed by atoms with Gasteiger partial charge in [0, 0.05) is 5.92 Å². The lowest BCUT2D eigenvalue weighted by Crippen LogP contribution is -2.50. The van der Waals surface area contributed by atoms with Crippen LogP contribution in [0.5, 0.6) is 0 Å². The molecule has 56 valence electrons. The summed E-state index contributed by atoms with van der Waals surface area (Å²) in [6, 6.07) is 0. The van der Waals surface area contributed by atoms with Gasteiger partial charge in [0.05, 0.1) is 5.38 Å². The summed E-state index contributed by atoms with van der Waals surface area (Å²) in [6.45, 7) is 0. The molecule has 1 nitrogen and oxygen atoms in total. The predicted octanol–water partition coefficient (Wildman–Crippen LogP) is 1.98. The molecule has 0 heterocycles. The summed E-state index contributed by atoms with van der Waals surface area (Å²) in [6.07, 6.45) is 4.80. The Balaban J connectivity index is 2.06. The van der Waals surface area contributed by atoms with Gasteiger partial charge < -0.3 is 0 Å². The van der Waals surface area contributed by atoms with Crippen LogP contribution in [0.15, 0.2) is 0 Å². The van der Waals surface area contributed by atoms with Crippen molar-refractivity contribution >= 4 is 17.4 Å². The van der Waals surface area contributed by atoms with E-state index in [1.165, 1.54) is 19.3 Å². The van der Waals surface area contributed by atoms with Crippen molar-refractivity contribution < 1.29 is 4.79 Å². The molecule has 0 aliphatic heterocycles. The zero-order valence-electron chi connectivity index (χ0n) is 5.85. The standard InChI is InChI=1S/C8H11ClO/c9-7-5-3-1-2-4-6(5)8(7)10/h5-7H,1-4H2. The van der Waals surface area contributed by atoms with E-state index < -0.39 is 0 Å². The highest BCUT2D eigenvalue weighted by Gasteiger charge is 2.48. The molecule has 2 heteroatoms. The Morgan fingerprint density at radius 2 is 2.00 bits per heavy atom. The van der Waals surface area contributed by atoms with Gasteiger partial charge in [-0.1, -0.05) is 12.8 Å². The van der Waals surface area contributed by atoms with E-state index in [0.717, 1.165) is 6.42 Å². The lowest BCUT2D eigenvalue weighted by atomic mass is 9.64. The van der Waals surface area contributed by atoms with Gasteiger partial charge in [-0.15, -0.1) is 11.6 Å². The zero-order valence-corrected chi connectivity index (χ0v) is 6.60. The number of rotatable bonds is 0. The highest BCUT2D eigenvalue weighted by Crippen LogP contribution is 2.44. The number of carbonyl (C=O) groups excluding carboxylic acids is 1. The topological polar surface area (TPSA) is 17.1 Å². The fraction of sp³-hybridized carbons (Fsp3) is 0.875. The van der Waals surface area contributed by atoms with Crippen LogP contribution < -0.4 is 0 Å². The second-order valence-electron chi connectivity index (χ2n) is 3.36. The fourth-order valence-corrected chi connectivity index (χ4v) is 2.62. The normalized spacial score (nSPS) is 46.1. The van der Waals surface area contributed by atoms with Gasteiger partial charge in [-0.05, 0) is 18.8 Å². The third kappa shape index (κ3) is 0.731. The molecule has 0 spiro atoms. The molecule has 3 atom stereocenters. The number of fused-ring (bicyclic) bond motifs is 1. The lowest BCUT2D eigenvalue weighted by molar-refractivity contribution is -0.135. The highest BCUT2D eigenvalue weighted by molar-refractivity contribution is 6.34. The molecular formula is C8H11ClO. The molecular weight excluding hydrogens is 148 g/mol. The number of Topliss-reactive ketones (excluding diaryl/α,β-unsaturated/α-hetero) is 1. The second-order valence-corrected chi connectivity index (χ2v) is 3.83. The highest BCUT2D eigenvalue weighted by atomic mass is 35.5. The average molecular weight is 159 g/mol. The van der Waals surface area contributed by atoms with E-state index in [0.29, 0.717) is 17.6 Å². The first-order valence-corrected chi connectivity index (χ1v) is 4.42. The minimum Gasteiger partial charge on any atom is -0.298 e. The molecule has 0 aromatic heterocycles. The Bertz CT molecular complexity index is 167. The van der Waals surface area contributed by atoms with Crippen LogP contribution in [0, 0.1) is 11.8 Å². The quantitative estimate of drug-likeness (QED) is 0.493. The van der Waals surface area contributed by atoms with E-state index in [1.807, 2.05) is 0 Å². The first kappa shape index (κ1) is 6.66. The maximum atomic E-state index is 11.1. The number of carbonyl (C=O) groups is 1. The molecule has 3 unspecified atom stereocenters. The maximum absolute atomic E-state index is 11.1. The molecule has 2 aliphatic carbocycles. The Labute approximate surface area is 65.7 Å². The summed E-state index contributed by atoms with van der Waals surface area (Å²) >= 11 is 5.82. The van der Waals surface area contributed by atoms with Crippen molar-refractivity contribution in [2.45, 2.75) is 31.1 Å². The van der Waals surface area contributed by atoms with Gasteiger partial charge >= 0.3 is 0 Å². The van der Waals surface area contributed by atoms with Gasteiger partial charge in [0.1, 0.15) is 0 Å². The largest absolute Gasteiger partial charge is 0.298 e. The summed E-state index contributed by atoms with van der Waals surface area (Å²) in [4.78, 5) is 11.1. The molecule has 0 aromatic rings. The minimum atomic E-state index is -0.120. The van der Waals surface area contributed by atoms with Crippen molar-refractivity contribution in [1.82, 2.24) is 0 Å². The van der Waals surface area contributed by atoms with Crippen LogP contribution in [0.4, 0.5) is 0 Å². The molecule has 0 aromatic carbocycles. The van der Waals surface area contributed by atoms with Crippen LogP contribution in [-0.2, 0) is 4.79 Å². The summed E-state index contributed by atoms with van der Waals surface area (Å²) in [5.41, 5.74) is 0. The number of hydrogen-bond donors (Lipinski definition) is 0. The molecule has 0 saturated heterocycles. The van der Waals surface area contributed by atoms with E-state index >= 15 is 0 Å². The fourth-order valence-electron chi connectivity index (χ4n) is 2.16. The number of halogens is 1. The van der Waals surface area contributed by atoms with Crippen molar-refractivity contribution in [3.8, 4) is 0 Å². The number of hydrogen-bond acceptors (Lipinski definition) is 1. The van der Waals surface area contributed by atoms with E-state index in [2.05, 4.69) is 0 Å². The van der Waals surface area contributed by atoms with E-state index in [9.17, 15) is 4.79 Å². The average Bonchev–Trinajstić information content (AvgIpc) is 2.03. The molecule has 2 aliphatic rings. The maximum Gasteiger partial charge on any atom is 0.154 e. The Hall–Kier alpha value is -0.0400. The summed E-state index contributed by atoms with van der Waals surface area (Å²) in [5, 5.41) is -0.120. The lowest BCUT2D eigenvalue weighted by Gasteiger charge is -2.42. The molecule has 2 rings (SSSR count). The number of alkyl halides is 1. The number of ketones is 1. The van der Waals surface area contributed by atoms with Crippen molar-refractivity contribution in [2.75, 3.05) is 0 Å². The van der Waals surface area contributed by atoms with Crippen molar-refractivity contribution in [3.05, 3.63) is 0 Å². The smallest absolute Gasteiger partial charge is 0.154 e. The summed E-state index contributed by atoms with van der Waals surface area (Å²) < 4.78 is 0. The predicted molar refractivity (Wildman–Crippen MR) is 40.1 cm³/mol. The van der Waals surface area contributed by atoms with Crippen LogP contribution in [0.25, 0.3) is 0 Å². The molecule has 0 amide bonds. The summed E-state index contributed by atoms with van der Waals surface area (Å²) in [7, 11) is 0. The Kier molecular flexibility index (Phi) is 1.48. The van der Waals surface area contributed by atoms with Gasteiger partial charge in [-0.3, -0.25) is 4.79 Å². The van der Waals surface area contributed by atoms with Gasteiger partial charge in [-0.25, -0.2) is 0 Å². The monoisotopic (exact) mass is 158 g/mol. The third-order valence-corrected chi connectivity index (χ3v) is 3.37. The molecule has 10 heavy (non-hydrogen) atoms. The van der Waals surface area contributed by atoms with Gasteiger partial charge in [0.25, 0.3) is 0 Å². The SMILES string of the molecule is O=C1C(Cl)C2CCCCC12. The van der Waals surface area contributed by atoms with E-state index in [4.69, 9.17) is 11.6 Å². The first-order valence-electron chi connectivity index (χ1n) is 3.98. The van der Waals surface area contributed by atoms with Crippen LogP contribution in [0.2, 0.25) is 0 Å². The van der Waals surface area contributed by atoms with Gasteiger partial charge in [0.2, 0.25) is 0 Å². The molecule has 0 radical (unpaired) electrons. The third-order valence-electron chi connectivity index (χ3n) is 2.83. The first-order chi connectivity index (χ1) is 4.80. The van der Waals surface area contributed by atoms with Crippen molar-refractivity contribution in [2.24, 2.45) is 11.8 Å². The van der Waals surface area contributed by atoms with E-state index in [-0.39, 0.29) is 5.38 Å². The molecule has 2 fully saturated rings. The van der Waals surface area contributed by atoms with Crippen LogP contribution >= 0.6 is 11.6 Å².